The Balaban J connectivity index is 1.75. The number of hydrogen-bond acceptors (Lipinski definition) is 2. The van der Waals surface area contributed by atoms with Gasteiger partial charge in [-0.2, -0.15) is 0 Å². The lowest BCUT2D eigenvalue weighted by molar-refractivity contribution is -0.144. The largest absolute Gasteiger partial charge is 0.331 e. The van der Waals surface area contributed by atoms with E-state index in [1.54, 1.807) is 0 Å². The second-order valence-corrected chi connectivity index (χ2v) is 8.92. The highest BCUT2D eigenvalue weighted by molar-refractivity contribution is 6.39. The summed E-state index contributed by atoms with van der Waals surface area (Å²) in [5, 5.41) is 2.81. The molecule has 0 spiro atoms. The third kappa shape index (κ3) is 3.19. The van der Waals surface area contributed by atoms with Crippen molar-refractivity contribution in [2.75, 3.05) is 11.9 Å². The molecule has 1 aromatic carbocycles. The predicted octanol–water partition coefficient (Wildman–Crippen LogP) is 3.67. The van der Waals surface area contributed by atoms with Crippen molar-refractivity contribution < 1.29 is 9.59 Å². The van der Waals surface area contributed by atoms with E-state index in [0.717, 1.165) is 36.1 Å². The number of aryl methyl sites for hydroxylation is 2. The molecule has 1 aliphatic heterocycles. The molecule has 1 N–H and O–H groups in total. The number of likely N-dealkylation sites (tertiary alicyclic amines) is 1. The van der Waals surface area contributed by atoms with Gasteiger partial charge in [0.15, 0.2) is 0 Å². The summed E-state index contributed by atoms with van der Waals surface area (Å²) in [6, 6.07) is 6.06. The molecule has 1 heterocycles. The fourth-order valence-electron chi connectivity index (χ4n) is 4.87. The highest BCUT2D eigenvalue weighted by Crippen LogP contribution is 2.52. The molecule has 2 aliphatic rings. The average Bonchev–Trinajstić information content (AvgIpc) is 2.71. The number of rotatable bonds is 1. The number of benzene rings is 1. The van der Waals surface area contributed by atoms with Crippen LogP contribution in [0.1, 0.15) is 51.2 Å². The number of anilines is 1. The highest BCUT2D eigenvalue weighted by atomic mass is 16.2. The van der Waals surface area contributed by atoms with E-state index in [1.807, 2.05) is 36.9 Å². The Bertz CT molecular complexity index is 695. The topological polar surface area (TPSA) is 49.4 Å². The van der Waals surface area contributed by atoms with E-state index >= 15 is 0 Å². The Morgan fingerprint density at radius 2 is 1.88 bits per heavy atom. The van der Waals surface area contributed by atoms with Gasteiger partial charge in [-0.25, -0.2) is 0 Å². The lowest BCUT2D eigenvalue weighted by Gasteiger charge is -2.39. The van der Waals surface area contributed by atoms with Crippen molar-refractivity contribution in [2.45, 2.75) is 59.9 Å². The van der Waals surface area contributed by atoms with Crippen molar-refractivity contribution in [3.05, 3.63) is 29.3 Å². The van der Waals surface area contributed by atoms with Crippen LogP contribution < -0.4 is 5.32 Å². The molecule has 2 unspecified atom stereocenters. The van der Waals surface area contributed by atoms with Gasteiger partial charge in [-0.1, -0.05) is 32.9 Å². The first-order chi connectivity index (χ1) is 11.1. The molecule has 3 rings (SSSR count). The van der Waals surface area contributed by atoms with E-state index in [1.165, 1.54) is 0 Å². The summed E-state index contributed by atoms with van der Waals surface area (Å²) in [5.74, 6) is -0.903. The number of carbonyl (C=O) groups is 2. The number of hydrogen-bond donors (Lipinski definition) is 1. The van der Waals surface area contributed by atoms with Crippen molar-refractivity contribution >= 4 is 17.5 Å². The van der Waals surface area contributed by atoms with Gasteiger partial charge in [0.1, 0.15) is 0 Å². The Kier molecular flexibility index (Phi) is 3.97. The second-order valence-electron chi connectivity index (χ2n) is 8.92. The number of fused-ring (bicyclic) bond motifs is 2. The maximum absolute atomic E-state index is 12.8. The van der Waals surface area contributed by atoms with Crippen molar-refractivity contribution in [3.63, 3.8) is 0 Å². The van der Waals surface area contributed by atoms with Crippen LogP contribution in [0.2, 0.25) is 0 Å². The molecule has 4 heteroatoms. The molecule has 2 fully saturated rings. The molecule has 2 amide bonds. The fraction of sp³-hybridized carbons (Fsp3) is 0.600. The lowest BCUT2D eigenvalue weighted by Crippen LogP contribution is -2.43. The Labute approximate surface area is 144 Å². The summed E-state index contributed by atoms with van der Waals surface area (Å²) in [6.45, 7) is 11.4. The lowest BCUT2D eigenvalue weighted by atomic mass is 9.65. The van der Waals surface area contributed by atoms with Gasteiger partial charge >= 0.3 is 11.8 Å². The van der Waals surface area contributed by atoms with Crippen LogP contribution in [-0.4, -0.2) is 29.3 Å². The summed E-state index contributed by atoms with van der Waals surface area (Å²) >= 11 is 0. The first-order valence-corrected chi connectivity index (χ1v) is 8.78. The Hall–Kier alpha value is -1.84. The molecule has 1 saturated heterocycles. The molecule has 1 aliphatic carbocycles. The van der Waals surface area contributed by atoms with Crippen molar-refractivity contribution in [1.29, 1.82) is 0 Å². The van der Waals surface area contributed by atoms with E-state index in [2.05, 4.69) is 26.1 Å². The van der Waals surface area contributed by atoms with Gasteiger partial charge in [0.25, 0.3) is 0 Å². The molecular formula is C20H28N2O2. The van der Waals surface area contributed by atoms with Gasteiger partial charge in [-0.3, -0.25) is 9.59 Å². The molecular weight excluding hydrogens is 300 g/mol. The average molecular weight is 328 g/mol. The molecule has 130 valence electrons. The zero-order valence-corrected chi connectivity index (χ0v) is 15.4. The zero-order chi connectivity index (χ0) is 17.7. The quantitative estimate of drug-likeness (QED) is 0.800. The van der Waals surface area contributed by atoms with Crippen LogP contribution in [0, 0.1) is 24.7 Å². The monoisotopic (exact) mass is 328 g/mol. The van der Waals surface area contributed by atoms with Crippen LogP contribution in [-0.2, 0) is 9.59 Å². The fourth-order valence-corrected chi connectivity index (χ4v) is 4.87. The van der Waals surface area contributed by atoms with Gasteiger partial charge in [0, 0.05) is 18.3 Å². The Morgan fingerprint density at radius 3 is 2.58 bits per heavy atom. The third-order valence-electron chi connectivity index (χ3n) is 5.51. The zero-order valence-electron chi connectivity index (χ0n) is 15.4. The maximum Gasteiger partial charge on any atom is 0.313 e. The van der Waals surface area contributed by atoms with Crippen molar-refractivity contribution in [3.8, 4) is 0 Å². The molecule has 1 saturated carbocycles. The summed E-state index contributed by atoms with van der Waals surface area (Å²) in [7, 11) is 0. The molecule has 0 radical (unpaired) electrons. The molecule has 0 aromatic heterocycles. The summed E-state index contributed by atoms with van der Waals surface area (Å²) < 4.78 is 0. The van der Waals surface area contributed by atoms with E-state index in [-0.39, 0.29) is 22.8 Å². The predicted molar refractivity (Wildman–Crippen MR) is 95.8 cm³/mol. The SMILES string of the molecule is Cc1ccc(C)c(NC(=O)C(=O)N2CC3(C)CC2CC(C)(C)C3)c1. The summed E-state index contributed by atoms with van der Waals surface area (Å²) in [5.41, 5.74) is 3.13. The molecule has 24 heavy (non-hydrogen) atoms. The molecule has 2 bridgehead atoms. The second kappa shape index (κ2) is 5.61. The minimum Gasteiger partial charge on any atom is -0.331 e. The minimum absolute atomic E-state index is 0.140. The van der Waals surface area contributed by atoms with Crippen LogP contribution in [0.3, 0.4) is 0 Å². The van der Waals surface area contributed by atoms with Crippen LogP contribution in [0.25, 0.3) is 0 Å². The number of amides is 2. The summed E-state index contributed by atoms with van der Waals surface area (Å²) in [6.07, 6.45) is 3.10. The van der Waals surface area contributed by atoms with E-state index in [0.29, 0.717) is 6.54 Å². The van der Waals surface area contributed by atoms with Crippen LogP contribution in [0.5, 0.6) is 0 Å². The summed E-state index contributed by atoms with van der Waals surface area (Å²) in [4.78, 5) is 27.1. The smallest absolute Gasteiger partial charge is 0.313 e. The number of nitrogens with zero attached hydrogens (tertiary/aromatic N) is 1. The minimum atomic E-state index is -0.516. The van der Waals surface area contributed by atoms with Crippen LogP contribution in [0.4, 0.5) is 5.69 Å². The number of nitrogens with one attached hydrogen (secondary N) is 1. The van der Waals surface area contributed by atoms with Gasteiger partial charge in [-0.05, 0) is 61.1 Å². The van der Waals surface area contributed by atoms with E-state index in [9.17, 15) is 9.59 Å². The highest BCUT2D eigenvalue weighted by Gasteiger charge is 2.51. The van der Waals surface area contributed by atoms with Gasteiger partial charge in [-0.15, -0.1) is 0 Å². The van der Waals surface area contributed by atoms with E-state index in [4.69, 9.17) is 0 Å². The van der Waals surface area contributed by atoms with Crippen LogP contribution >= 0.6 is 0 Å². The van der Waals surface area contributed by atoms with Crippen LogP contribution in [0.15, 0.2) is 18.2 Å². The van der Waals surface area contributed by atoms with E-state index < -0.39 is 5.91 Å². The molecule has 2 atom stereocenters. The molecule has 4 nitrogen and oxygen atoms in total. The van der Waals surface area contributed by atoms with Gasteiger partial charge in [0.05, 0.1) is 0 Å². The Morgan fingerprint density at radius 1 is 1.17 bits per heavy atom. The first kappa shape index (κ1) is 17.0. The maximum atomic E-state index is 12.8. The van der Waals surface area contributed by atoms with Crippen molar-refractivity contribution in [2.24, 2.45) is 10.8 Å². The normalized spacial score (nSPS) is 27.9. The number of carbonyl (C=O) groups excluding carboxylic acids is 2. The molecule has 1 aromatic rings. The first-order valence-electron chi connectivity index (χ1n) is 8.78. The third-order valence-corrected chi connectivity index (χ3v) is 5.51. The van der Waals surface area contributed by atoms with Gasteiger partial charge in [0.2, 0.25) is 0 Å². The standard InChI is InChI=1S/C20H28N2O2/c1-13-6-7-14(2)16(8-13)21-17(23)18(24)22-12-20(5)10-15(22)9-19(3,4)11-20/h6-8,15H,9-12H2,1-5H3,(H,21,23). The van der Waals surface area contributed by atoms with Gasteiger partial charge < -0.3 is 10.2 Å². The van der Waals surface area contributed by atoms with Crippen molar-refractivity contribution in [1.82, 2.24) is 4.90 Å².